The Morgan fingerprint density at radius 1 is 1.38 bits per heavy atom. The quantitative estimate of drug-likeness (QED) is 0.665. The number of hydrogen-bond donors (Lipinski definition) is 1. The van der Waals surface area contributed by atoms with Gasteiger partial charge in [0, 0.05) is 0 Å². The Morgan fingerprint density at radius 2 is 2.15 bits per heavy atom. The standard InChI is InChI=1S/C11H12O2/c1-7(12)11-9-4-2-3-8(9)5-6-10(11)13/h5-6,13H,2-4H2,1H3. The van der Waals surface area contributed by atoms with Gasteiger partial charge in [0.1, 0.15) is 5.75 Å². The summed E-state index contributed by atoms with van der Waals surface area (Å²) in [5.74, 6) is 0.101. The topological polar surface area (TPSA) is 37.3 Å². The molecule has 0 unspecified atom stereocenters. The third-order valence-corrected chi connectivity index (χ3v) is 2.61. The highest BCUT2D eigenvalue weighted by Gasteiger charge is 2.19. The number of carbonyl (C=O) groups is 1. The molecule has 1 aliphatic rings. The number of benzene rings is 1. The highest BCUT2D eigenvalue weighted by atomic mass is 16.3. The first-order valence-electron chi connectivity index (χ1n) is 4.55. The Kier molecular flexibility index (Phi) is 1.83. The highest BCUT2D eigenvalue weighted by molar-refractivity contribution is 5.98. The largest absolute Gasteiger partial charge is 0.507 e. The maximum absolute atomic E-state index is 11.3. The Balaban J connectivity index is 2.65. The van der Waals surface area contributed by atoms with Gasteiger partial charge in [-0.25, -0.2) is 0 Å². The summed E-state index contributed by atoms with van der Waals surface area (Å²) in [4.78, 5) is 11.3. The Labute approximate surface area is 77.2 Å². The molecule has 2 nitrogen and oxygen atoms in total. The second-order valence-corrected chi connectivity index (χ2v) is 3.51. The molecule has 0 atom stereocenters. The molecule has 0 saturated heterocycles. The van der Waals surface area contributed by atoms with Crippen molar-refractivity contribution in [1.82, 2.24) is 0 Å². The number of fused-ring (bicyclic) bond motifs is 1. The molecular formula is C11H12O2. The van der Waals surface area contributed by atoms with Gasteiger partial charge in [-0.05, 0) is 43.4 Å². The van der Waals surface area contributed by atoms with Crippen LogP contribution in [0.2, 0.25) is 0 Å². The fourth-order valence-corrected chi connectivity index (χ4v) is 2.05. The molecule has 0 aromatic heterocycles. The molecule has 1 aromatic carbocycles. The van der Waals surface area contributed by atoms with Gasteiger partial charge in [0.15, 0.2) is 5.78 Å². The Hall–Kier alpha value is -1.31. The zero-order chi connectivity index (χ0) is 9.42. The third-order valence-electron chi connectivity index (χ3n) is 2.61. The lowest BCUT2D eigenvalue weighted by molar-refractivity contribution is 0.101. The van der Waals surface area contributed by atoms with Crippen LogP contribution in [0.4, 0.5) is 0 Å². The number of hydrogen-bond acceptors (Lipinski definition) is 2. The molecule has 1 N–H and O–H groups in total. The minimum absolute atomic E-state index is 0.0312. The van der Waals surface area contributed by atoms with Crippen LogP contribution in [0.15, 0.2) is 12.1 Å². The van der Waals surface area contributed by atoms with E-state index >= 15 is 0 Å². The van der Waals surface area contributed by atoms with E-state index in [4.69, 9.17) is 0 Å². The van der Waals surface area contributed by atoms with Gasteiger partial charge in [0.2, 0.25) is 0 Å². The molecule has 2 rings (SSSR count). The fraction of sp³-hybridized carbons (Fsp3) is 0.364. The summed E-state index contributed by atoms with van der Waals surface area (Å²) in [6.45, 7) is 1.51. The molecule has 0 saturated carbocycles. The number of ketones is 1. The van der Waals surface area contributed by atoms with E-state index in [0.717, 1.165) is 24.8 Å². The summed E-state index contributed by atoms with van der Waals surface area (Å²) in [6, 6.07) is 3.55. The first-order chi connectivity index (χ1) is 6.20. The number of aromatic hydroxyl groups is 1. The number of phenols is 1. The lowest BCUT2D eigenvalue weighted by Crippen LogP contribution is -1.99. The van der Waals surface area contributed by atoms with Crippen molar-refractivity contribution in [2.45, 2.75) is 26.2 Å². The first kappa shape index (κ1) is 8.30. The van der Waals surface area contributed by atoms with Crippen LogP contribution in [-0.4, -0.2) is 10.9 Å². The van der Waals surface area contributed by atoms with Gasteiger partial charge < -0.3 is 5.11 Å². The smallest absolute Gasteiger partial charge is 0.163 e. The first-order valence-corrected chi connectivity index (χ1v) is 4.55. The molecular weight excluding hydrogens is 164 g/mol. The van der Waals surface area contributed by atoms with Crippen LogP contribution < -0.4 is 0 Å². The average molecular weight is 176 g/mol. The fourth-order valence-electron chi connectivity index (χ4n) is 2.05. The van der Waals surface area contributed by atoms with Crippen LogP contribution in [0.3, 0.4) is 0 Å². The average Bonchev–Trinajstić information content (AvgIpc) is 2.50. The van der Waals surface area contributed by atoms with Gasteiger partial charge in [-0.15, -0.1) is 0 Å². The van der Waals surface area contributed by atoms with Gasteiger partial charge in [0.25, 0.3) is 0 Å². The predicted molar refractivity (Wildman–Crippen MR) is 50.1 cm³/mol. The second-order valence-electron chi connectivity index (χ2n) is 3.51. The number of rotatable bonds is 1. The minimum Gasteiger partial charge on any atom is -0.507 e. The van der Waals surface area contributed by atoms with E-state index in [1.54, 1.807) is 6.07 Å². The summed E-state index contributed by atoms with van der Waals surface area (Å²) in [5.41, 5.74) is 2.82. The molecule has 0 bridgehead atoms. The van der Waals surface area contributed by atoms with E-state index in [2.05, 4.69) is 0 Å². The van der Waals surface area contributed by atoms with Crippen LogP contribution in [-0.2, 0) is 12.8 Å². The van der Waals surface area contributed by atoms with Crippen molar-refractivity contribution in [1.29, 1.82) is 0 Å². The lowest BCUT2D eigenvalue weighted by Gasteiger charge is -2.06. The lowest BCUT2D eigenvalue weighted by atomic mass is 10.00. The van der Waals surface area contributed by atoms with Gasteiger partial charge >= 0.3 is 0 Å². The summed E-state index contributed by atoms with van der Waals surface area (Å²) in [5, 5.41) is 9.52. The van der Waals surface area contributed by atoms with Crippen molar-refractivity contribution in [3.8, 4) is 5.75 Å². The van der Waals surface area contributed by atoms with E-state index in [1.807, 2.05) is 6.07 Å². The molecule has 68 valence electrons. The number of aryl methyl sites for hydroxylation is 1. The van der Waals surface area contributed by atoms with Crippen molar-refractivity contribution in [3.05, 3.63) is 28.8 Å². The zero-order valence-corrected chi connectivity index (χ0v) is 7.63. The Morgan fingerprint density at radius 3 is 2.85 bits per heavy atom. The molecule has 0 heterocycles. The molecule has 0 fully saturated rings. The normalized spacial score (nSPS) is 14.2. The van der Waals surface area contributed by atoms with Crippen molar-refractivity contribution in [2.75, 3.05) is 0 Å². The van der Waals surface area contributed by atoms with E-state index in [-0.39, 0.29) is 11.5 Å². The van der Waals surface area contributed by atoms with Crippen LogP contribution in [0, 0.1) is 0 Å². The second kappa shape index (κ2) is 2.87. The van der Waals surface area contributed by atoms with E-state index in [0.29, 0.717) is 5.56 Å². The molecule has 1 aromatic rings. The monoisotopic (exact) mass is 176 g/mol. The van der Waals surface area contributed by atoms with Crippen molar-refractivity contribution in [3.63, 3.8) is 0 Å². The van der Waals surface area contributed by atoms with Gasteiger partial charge in [0.05, 0.1) is 5.56 Å². The maximum atomic E-state index is 11.3. The van der Waals surface area contributed by atoms with Crippen molar-refractivity contribution in [2.24, 2.45) is 0 Å². The molecule has 0 aliphatic heterocycles. The summed E-state index contributed by atoms with van der Waals surface area (Å²) < 4.78 is 0. The maximum Gasteiger partial charge on any atom is 0.163 e. The summed E-state index contributed by atoms with van der Waals surface area (Å²) >= 11 is 0. The van der Waals surface area contributed by atoms with Crippen molar-refractivity contribution < 1.29 is 9.90 Å². The Bertz CT molecular complexity index is 367. The number of phenolic OH excluding ortho intramolecular Hbond substituents is 1. The van der Waals surface area contributed by atoms with Crippen molar-refractivity contribution >= 4 is 5.78 Å². The highest BCUT2D eigenvalue weighted by Crippen LogP contribution is 2.31. The molecule has 13 heavy (non-hydrogen) atoms. The van der Waals surface area contributed by atoms with Crippen LogP contribution in [0.1, 0.15) is 34.8 Å². The van der Waals surface area contributed by atoms with E-state index < -0.39 is 0 Å². The molecule has 0 radical (unpaired) electrons. The third kappa shape index (κ3) is 1.22. The SMILES string of the molecule is CC(=O)c1c(O)ccc2c1CCC2. The summed E-state index contributed by atoms with van der Waals surface area (Å²) in [7, 11) is 0. The zero-order valence-electron chi connectivity index (χ0n) is 7.63. The molecule has 0 amide bonds. The van der Waals surface area contributed by atoms with Crippen LogP contribution >= 0.6 is 0 Å². The summed E-state index contributed by atoms with van der Waals surface area (Å²) in [6.07, 6.45) is 3.06. The predicted octanol–water partition coefficient (Wildman–Crippen LogP) is 2.08. The van der Waals surface area contributed by atoms with Gasteiger partial charge in [-0.3, -0.25) is 4.79 Å². The molecule has 0 spiro atoms. The molecule has 1 aliphatic carbocycles. The minimum atomic E-state index is -0.0312. The van der Waals surface area contributed by atoms with Crippen LogP contribution in [0.25, 0.3) is 0 Å². The van der Waals surface area contributed by atoms with Gasteiger partial charge in [-0.2, -0.15) is 0 Å². The van der Waals surface area contributed by atoms with E-state index in [9.17, 15) is 9.90 Å². The number of Topliss-reactive ketones (excluding diaryl/α,β-unsaturated/α-hetero) is 1. The van der Waals surface area contributed by atoms with Crippen LogP contribution in [0.5, 0.6) is 5.75 Å². The number of carbonyl (C=O) groups excluding carboxylic acids is 1. The molecule has 2 heteroatoms. The van der Waals surface area contributed by atoms with E-state index in [1.165, 1.54) is 12.5 Å². The van der Waals surface area contributed by atoms with Gasteiger partial charge in [-0.1, -0.05) is 6.07 Å².